The van der Waals surface area contributed by atoms with Crippen LogP contribution in [0, 0.1) is 23.2 Å². The van der Waals surface area contributed by atoms with Crippen LogP contribution < -0.4 is 21.3 Å². The topological polar surface area (TPSA) is 380 Å². The van der Waals surface area contributed by atoms with Crippen molar-refractivity contribution in [2.24, 2.45) is 11.8 Å². The first kappa shape index (κ1) is 64.0. The number of nitrogens with zero attached hydrogens (tertiary/aromatic N) is 3. The summed E-state index contributed by atoms with van der Waals surface area (Å²) in [5, 5.41) is 115. The van der Waals surface area contributed by atoms with E-state index in [1.807, 2.05) is 0 Å². The number of ketones is 1. The summed E-state index contributed by atoms with van der Waals surface area (Å²) in [7, 11) is 0. The molecule has 0 saturated carbocycles. The van der Waals surface area contributed by atoms with Crippen molar-refractivity contribution in [2.75, 3.05) is 13.1 Å². The number of carbonyl (C=O) groups is 7. The molecule has 0 aromatic heterocycles. The van der Waals surface area contributed by atoms with Crippen molar-refractivity contribution < 1.29 is 79.5 Å². The Labute approximate surface area is 439 Å². The average molecular weight is 1060 g/mol. The number of phenolic OH excluding ortho intramolecular Hbond substituents is 1. The van der Waals surface area contributed by atoms with E-state index in [1.165, 1.54) is 25.5 Å². The van der Waals surface area contributed by atoms with Gasteiger partial charge in [-0.05, 0) is 69.6 Å². The van der Waals surface area contributed by atoms with Crippen molar-refractivity contribution in [3.63, 3.8) is 0 Å². The lowest BCUT2D eigenvalue weighted by molar-refractivity contribution is -0.147. The van der Waals surface area contributed by atoms with Crippen LogP contribution in [0.1, 0.15) is 143 Å². The Morgan fingerprint density at radius 2 is 1.32 bits per heavy atom. The van der Waals surface area contributed by atoms with Gasteiger partial charge in [-0.3, -0.25) is 33.6 Å². The molecule has 2 unspecified atom stereocenters. The van der Waals surface area contributed by atoms with Gasteiger partial charge >= 0.3 is 0 Å². The van der Waals surface area contributed by atoms with Crippen LogP contribution in [0.5, 0.6) is 5.75 Å². The minimum absolute atomic E-state index is 0.0295. The number of aromatic hydroxyl groups is 1. The minimum atomic E-state index is -2.31. The Balaban J connectivity index is 1.84. The molecule has 2 saturated heterocycles. The number of nitrogens with one attached hydrogen (secondary N) is 4. The second-order valence-electron chi connectivity index (χ2n) is 20.7. The highest BCUT2D eigenvalue weighted by molar-refractivity contribution is 5.98. The van der Waals surface area contributed by atoms with Gasteiger partial charge in [-0.1, -0.05) is 77.8 Å². The van der Waals surface area contributed by atoms with Gasteiger partial charge in [0.1, 0.15) is 54.2 Å². The molecule has 0 aliphatic carbocycles. The number of β-amino-alcohol motifs (C(OH)–C–C–N with tert-alkyl or cyclic N) is 1. The Kier molecular flexibility index (Phi) is 26.5. The first-order valence-electron chi connectivity index (χ1n) is 26.2. The van der Waals surface area contributed by atoms with Gasteiger partial charge in [0, 0.05) is 32.4 Å². The third-order valence-corrected chi connectivity index (χ3v) is 14.2. The lowest BCUT2D eigenvalue weighted by Crippen LogP contribution is -2.64. The quantitative estimate of drug-likeness (QED) is 0.0406. The van der Waals surface area contributed by atoms with Crippen LogP contribution in [0.2, 0.25) is 0 Å². The van der Waals surface area contributed by atoms with Gasteiger partial charge in [-0.25, -0.2) is 0 Å². The van der Waals surface area contributed by atoms with Gasteiger partial charge in [0.05, 0.1) is 49.1 Å². The smallest absolute Gasteiger partial charge is 0.248 e. The highest BCUT2D eigenvalue weighted by atomic mass is 16.3. The van der Waals surface area contributed by atoms with Crippen LogP contribution >= 0.6 is 0 Å². The molecule has 2 heterocycles. The summed E-state index contributed by atoms with van der Waals surface area (Å²) < 4.78 is 0. The van der Waals surface area contributed by atoms with E-state index in [-0.39, 0.29) is 30.7 Å². The van der Waals surface area contributed by atoms with Crippen molar-refractivity contribution in [1.29, 1.82) is 5.26 Å². The molecule has 2 aliphatic rings. The summed E-state index contributed by atoms with van der Waals surface area (Å²) in [6.07, 6.45) is -6.44. The second-order valence-corrected chi connectivity index (χ2v) is 20.7. The molecule has 0 bridgehead atoms. The monoisotopic (exact) mass is 1060 g/mol. The summed E-state index contributed by atoms with van der Waals surface area (Å²) in [5.74, 6) is -6.02. The molecule has 0 radical (unpaired) electrons. The van der Waals surface area contributed by atoms with Crippen molar-refractivity contribution in [3.8, 4) is 11.8 Å². The molecular formula is C52H83N7O16. The van der Waals surface area contributed by atoms with Crippen LogP contribution in [-0.2, 0) is 33.6 Å². The molecule has 16 atom stereocenters. The highest BCUT2D eigenvalue weighted by Crippen LogP contribution is 2.26. The predicted octanol–water partition coefficient (Wildman–Crippen LogP) is -0.781. The summed E-state index contributed by atoms with van der Waals surface area (Å²) in [5.41, 5.74) is -0.0856. The number of rotatable bonds is 31. The number of aliphatic hydroxyl groups is 8. The SMILES string of the molecule is CCC(C)CC(C)CCCCCCCCC(=O)N[C@@H](C[C@@H](O)[C@H](C)O)C(=O)N[C@H](C(=O)N1C[C@H](O)C[C@H]1C(=O)N[C@H](C(=O)N[C@H](C(=O)N1CC[C@H](O)[C@H]1C(C)=O)[C@H](O)CC#N)[C@H](O)[C@@H](O)c1ccc(O)cc1)[C@@H](C)O. The number of amides is 6. The molecule has 23 nitrogen and oxygen atoms in total. The molecule has 1 aromatic carbocycles. The number of likely N-dealkylation sites (tertiary alicyclic amines) is 2. The van der Waals surface area contributed by atoms with Crippen LogP contribution in [0.3, 0.4) is 0 Å². The molecule has 2 fully saturated rings. The third kappa shape index (κ3) is 19.3. The van der Waals surface area contributed by atoms with Crippen molar-refractivity contribution >= 4 is 41.2 Å². The van der Waals surface area contributed by atoms with E-state index in [9.17, 15) is 84.8 Å². The van der Waals surface area contributed by atoms with Gasteiger partial charge in [-0.15, -0.1) is 0 Å². The molecule has 0 spiro atoms. The normalized spacial score (nSPS) is 22.4. The first-order chi connectivity index (χ1) is 35.3. The van der Waals surface area contributed by atoms with Gasteiger partial charge in [0.15, 0.2) is 5.78 Å². The highest BCUT2D eigenvalue weighted by Gasteiger charge is 2.47. The van der Waals surface area contributed by atoms with E-state index in [0.717, 1.165) is 80.7 Å². The molecule has 6 amide bonds. The number of carbonyl (C=O) groups excluding carboxylic acids is 7. The summed E-state index contributed by atoms with van der Waals surface area (Å²) in [6.45, 7) is 9.49. The summed E-state index contributed by atoms with van der Waals surface area (Å²) in [6, 6.07) is -4.47. The molecule has 13 N–H and O–H groups in total. The summed E-state index contributed by atoms with van der Waals surface area (Å²) in [4.78, 5) is 98.0. The first-order valence-corrected chi connectivity index (χ1v) is 26.2. The lowest BCUT2D eigenvalue weighted by atomic mass is 9.91. The van der Waals surface area contributed by atoms with Crippen molar-refractivity contribution in [1.82, 2.24) is 31.1 Å². The Bertz CT molecular complexity index is 2070. The second kappa shape index (κ2) is 31.0. The zero-order valence-electron chi connectivity index (χ0n) is 44.1. The fourth-order valence-corrected chi connectivity index (χ4v) is 9.60. The van der Waals surface area contributed by atoms with Crippen LogP contribution in [0.15, 0.2) is 24.3 Å². The summed E-state index contributed by atoms with van der Waals surface area (Å²) >= 11 is 0. The number of Topliss-reactive ketones (excluding diaryl/α,β-unsaturated/α-hetero) is 1. The van der Waals surface area contributed by atoms with Gasteiger partial charge in [-0.2, -0.15) is 5.26 Å². The number of aliphatic hydroxyl groups excluding tert-OH is 8. The van der Waals surface area contributed by atoms with E-state index >= 15 is 0 Å². The number of nitriles is 1. The Morgan fingerprint density at radius 3 is 1.91 bits per heavy atom. The number of unbranched alkanes of at least 4 members (excludes halogenated alkanes) is 5. The molecular weight excluding hydrogens is 979 g/mol. The predicted molar refractivity (Wildman–Crippen MR) is 270 cm³/mol. The number of benzene rings is 1. The van der Waals surface area contributed by atoms with Gasteiger partial charge < -0.3 is 77.0 Å². The van der Waals surface area contributed by atoms with Crippen LogP contribution in [0.4, 0.5) is 0 Å². The molecule has 1 aromatic rings. The molecule has 2 aliphatic heterocycles. The third-order valence-electron chi connectivity index (χ3n) is 14.2. The van der Waals surface area contributed by atoms with Crippen molar-refractivity contribution in [2.45, 2.75) is 217 Å². The maximum atomic E-state index is 14.3. The van der Waals surface area contributed by atoms with Gasteiger partial charge in [0.25, 0.3) is 0 Å². The molecule has 422 valence electrons. The Morgan fingerprint density at radius 1 is 0.720 bits per heavy atom. The number of hydrogen-bond acceptors (Lipinski definition) is 17. The standard InChI is InChI=1S/C52H83N7O16/c1-7-28(2)24-29(3)14-12-10-8-9-11-13-15-41(68)54-36(26-40(67)30(4)60)48(71)55-42(31(5)61)51(74)59-27-35(64)25-37(59)49(72)57-44(47(70)46(69)33-16-18-34(63)19-17-33)50(73)56-43(38(65)20-22-53)52(75)58-23-21-39(66)45(58)32(6)62/h16-19,28-31,35-40,42-47,60-61,63-67,69-70H,7-15,20-21,23-27H2,1-6H3,(H,54,68)(H,55,71)(H,56,73)(H,57,72)/t28?,29?,30-,31+,35+,36-,37-,38+,39-,40+,42-,43-,44-,45+,46-,47-/m0/s1. The average Bonchev–Trinajstić information content (AvgIpc) is 3.95. The number of hydrogen-bond donors (Lipinski definition) is 13. The van der Waals surface area contributed by atoms with Crippen LogP contribution in [0.25, 0.3) is 0 Å². The van der Waals surface area contributed by atoms with E-state index in [4.69, 9.17) is 0 Å². The fourth-order valence-electron chi connectivity index (χ4n) is 9.60. The van der Waals surface area contributed by atoms with Crippen LogP contribution in [-0.4, -0.2) is 189 Å². The Hall–Kier alpha value is -5.32. The van der Waals surface area contributed by atoms with E-state index in [0.29, 0.717) is 18.3 Å². The van der Waals surface area contributed by atoms with Crippen molar-refractivity contribution in [3.05, 3.63) is 29.8 Å². The van der Waals surface area contributed by atoms with E-state index in [2.05, 4.69) is 42.0 Å². The maximum absolute atomic E-state index is 14.3. The largest absolute Gasteiger partial charge is 0.508 e. The lowest BCUT2D eigenvalue weighted by Gasteiger charge is -2.34. The molecule has 23 heteroatoms. The minimum Gasteiger partial charge on any atom is -0.508 e. The van der Waals surface area contributed by atoms with Gasteiger partial charge in [0.2, 0.25) is 35.4 Å². The zero-order valence-corrected chi connectivity index (χ0v) is 44.1. The molecule has 75 heavy (non-hydrogen) atoms. The fraction of sp³-hybridized carbons (Fsp3) is 0.731. The maximum Gasteiger partial charge on any atom is 0.248 e. The number of phenols is 1. The zero-order chi connectivity index (χ0) is 56.3. The van der Waals surface area contributed by atoms with E-state index < -0.39 is 152 Å². The van der Waals surface area contributed by atoms with E-state index in [1.54, 1.807) is 6.07 Å². The molecule has 3 rings (SSSR count).